The maximum Gasteiger partial charge on any atom is 0.411 e. The van der Waals surface area contributed by atoms with Crippen molar-refractivity contribution in [2.45, 2.75) is 44.9 Å². The Kier molecular flexibility index (Phi) is 4.34. The Morgan fingerprint density at radius 3 is 2.65 bits per heavy atom. The molecule has 0 fully saturated rings. The lowest BCUT2D eigenvalue weighted by Gasteiger charge is -2.30. The van der Waals surface area contributed by atoms with Crippen molar-refractivity contribution in [2.24, 2.45) is 0 Å². The van der Waals surface area contributed by atoms with Gasteiger partial charge in [0.25, 0.3) is 0 Å². The summed E-state index contributed by atoms with van der Waals surface area (Å²) >= 11 is 0. The Labute approximate surface area is 103 Å². The van der Waals surface area contributed by atoms with E-state index in [0.717, 1.165) is 0 Å². The molecule has 0 aromatic heterocycles. The molecule has 0 bridgehead atoms. The molecule has 1 aliphatic carbocycles. The highest BCUT2D eigenvalue weighted by Gasteiger charge is 2.29. The molecule has 0 spiro atoms. The summed E-state index contributed by atoms with van der Waals surface area (Å²) in [5.41, 5.74) is -0.516. The van der Waals surface area contributed by atoms with E-state index in [1.807, 2.05) is 26.8 Å². The number of aliphatic hydroxyl groups is 1. The van der Waals surface area contributed by atoms with Crippen LogP contribution in [0.5, 0.6) is 0 Å². The van der Waals surface area contributed by atoms with Crippen LogP contribution in [0, 0.1) is 0 Å². The highest BCUT2D eigenvalue weighted by molar-refractivity contribution is 5.69. The summed E-state index contributed by atoms with van der Waals surface area (Å²) in [6, 6.07) is -0.113. The molecule has 4 heteroatoms. The number of ether oxygens (including phenoxy) is 1. The van der Waals surface area contributed by atoms with E-state index < -0.39 is 11.7 Å². The fraction of sp³-hybridized carbons (Fsp3) is 0.615. The first-order valence-electron chi connectivity index (χ1n) is 5.80. The highest BCUT2D eigenvalue weighted by Crippen LogP contribution is 2.20. The standard InChI is InChI=1S/C13H21NO3/c1-5-8-14(10-6-7-11(15)9-10)12(16)17-13(2,3)4/h5-7,10-11,15H,1,8-9H2,2-4H3/t10-,11+/m0/s1. The van der Waals surface area contributed by atoms with Crippen LogP contribution < -0.4 is 0 Å². The monoisotopic (exact) mass is 239 g/mol. The zero-order valence-corrected chi connectivity index (χ0v) is 10.7. The van der Waals surface area contributed by atoms with Gasteiger partial charge in [-0.25, -0.2) is 4.79 Å². The van der Waals surface area contributed by atoms with E-state index in [9.17, 15) is 9.90 Å². The number of carbonyl (C=O) groups excluding carboxylic acids is 1. The maximum absolute atomic E-state index is 12.0. The summed E-state index contributed by atoms with van der Waals surface area (Å²) < 4.78 is 5.32. The summed E-state index contributed by atoms with van der Waals surface area (Å²) in [5.74, 6) is 0. The van der Waals surface area contributed by atoms with E-state index in [4.69, 9.17) is 4.74 Å². The summed E-state index contributed by atoms with van der Waals surface area (Å²) in [4.78, 5) is 13.6. The lowest BCUT2D eigenvalue weighted by molar-refractivity contribution is 0.0207. The molecule has 0 unspecified atom stereocenters. The lowest BCUT2D eigenvalue weighted by Crippen LogP contribution is -2.42. The topological polar surface area (TPSA) is 49.8 Å². The van der Waals surface area contributed by atoms with Crippen molar-refractivity contribution >= 4 is 6.09 Å². The van der Waals surface area contributed by atoms with Crippen LogP contribution >= 0.6 is 0 Å². The molecular formula is C13H21NO3. The molecule has 1 amide bonds. The van der Waals surface area contributed by atoms with E-state index in [0.29, 0.717) is 13.0 Å². The average Bonchev–Trinajstić information content (AvgIpc) is 2.58. The second kappa shape index (κ2) is 5.36. The van der Waals surface area contributed by atoms with E-state index >= 15 is 0 Å². The molecule has 0 aromatic rings. The summed E-state index contributed by atoms with van der Waals surface area (Å²) in [6.45, 7) is 9.54. The third kappa shape index (κ3) is 4.23. The molecule has 0 saturated carbocycles. The Balaban J connectivity index is 2.69. The fourth-order valence-electron chi connectivity index (χ4n) is 1.70. The predicted molar refractivity (Wildman–Crippen MR) is 66.7 cm³/mol. The molecule has 17 heavy (non-hydrogen) atoms. The number of aliphatic hydroxyl groups excluding tert-OH is 1. The molecule has 0 aromatic carbocycles. The first-order valence-corrected chi connectivity index (χ1v) is 5.80. The van der Waals surface area contributed by atoms with Crippen LogP contribution in [0.25, 0.3) is 0 Å². The van der Waals surface area contributed by atoms with Gasteiger partial charge in [-0.2, -0.15) is 0 Å². The molecule has 0 aliphatic heterocycles. The molecular weight excluding hydrogens is 218 g/mol. The van der Waals surface area contributed by atoms with Crippen molar-refractivity contribution in [3.05, 3.63) is 24.8 Å². The number of amides is 1. The zero-order valence-electron chi connectivity index (χ0n) is 10.7. The van der Waals surface area contributed by atoms with Crippen molar-refractivity contribution in [1.82, 2.24) is 4.90 Å². The SMILES string of the molecule is C=CCN(C(=O)OC(C)(C)C)[C@H]1C=C[C@@H](O)C1. The van der Waals surface area contributed by atoms with Gasteiger partial charge in [-0.1, -0.05) is 18.2 Å². The zero-order chi connectivity index (χ0) is 13.1. The van der Waals surface area contributed by atoms with Gasteiger partial charge in [0.15, 0.2) is 0 Å². The quantitative estimate of drug-likeness (QED) is 0.767. The Morgan fingerprint density at radius 2 is 2.24 bits per heavy atom. The van der Waals surface area contributed by atoms with Crippen LogP contribution in [0.3, 0.4) is 0 Å². The normalized spacial score (nSPS) is 23.5. The van der Waals surface area contributed by atoms with Gasteiger partial charge in [0.2, 0.25) is 0 Å². The van der Waals surface area contributed by atoms with E-state index in [2.05, 4.69) is 6.58 Å². The molecule has 0 heterocycles. The van der Waals surface area contributed by atoms with Gasteiger partial charge in [0.1, 0.15) is 5.60 Å². The molecule has 0 radical (unpaired) electrons. The second-order valence-corrected chi connectivity index (χ2v) is 5.18. The lowest BCUT2D eigenvalue weighted by atomic mass is 10.2. The van der Waals surface area contributed by atoms with Gasteiger partial charge in [-0.3, -0.25) is 4.90 Å². The van der Waals surface area contributed by atoms with Crippen LogP contribution in [0.15, 0.2) is 24.8 Å². The summed E-state index contributed by atoms with van der Waals surface area (Å²) in [5, 5.41) is 9.44. The van der Waals surface area contributed by atoms with Gasteiger partial charge < -0.3 is 9.84 Å². The van der Waals surface area contributed by atoms with Crippen molar-refractivity contribution in [2.75, 3.05) is 6.54 Å². The van der Waals surface area contributed by atoms with E-state index in [1.54, 1.807) is 17.1 Å². The Bertz CT molecular complexity index is 317. The Hall–Kier alpha value is -1.29. The van der Waals surface area contributed by atoms with Crippen molar-refractivity contribution in [3.8, 4) is 0 Å². The minimum atomic E-state index is -0.516. The van der Waals surface area contributed by atoms with Gasteiger partial charge in [0.05, 0.1) is 12.1 Å². The van der Waals surface area contributed by atoms with Gasteiger partial charge in [-0.05, 0) is 20.8 Å². The maximum atomic E-state index is 12.0. The van der Waals surface area contributed by atoms with Crippen LogP contribution in [0.4, 0.5) is 4.79 Å². The number of nitrogens with zero attached hydrogens (tertiary/aromatic N) is 1. The molecule has 2 atom stereocenters. The average molecular weight is 239 g/mol. The number of rotatable bonds is 3. The van der Waals surface area contributed by atoms with Crippen molar-refractivity contribution < 1.29 is 14.6 Å². The Morgan fingerprint density at radius 1 is 1.59 bits per heavy atom. The number of hydrogen-bond donors (Lipinski definition) is 1. The fourth-order valence-corrected chi connectivity index (χ4v) is 1.70. The van der Waals surface area contributed by atoms with Gasteiger partial charge >= 0.3 is 6.09 Å². The smallest absolute Gasteiger partial charge is 0.411 e. The molecule has 4 nitrogen and oxygen atoms in total. The molecule has 96 valence electrons. The third-order valence-corrected chi connectivity index (χ3v) is 2.39. The van der Waals surface area contributed by atoms with E-state index in [-0.39, 0.29) is 12.1 Å². The van der Waals surface area contributed by atoms with Crippen LogP contribution in [0.1, 0.15) is 27.2 Å². The summed E-state index contributed by atoms with van der Waals surface area (Å²) in [7, 11) is 0. The van der Waals surface area contributed by atoms with Crippen LogP contribution in [-0.2, 0) is 4.74 Å². The van der Waals surface area contributed by atoms with Gasteiger partial charge in [-0.15, -0.1) is 6.58 Å². The first-order chi connectivity index (χ1) is 7.83. The van der Waals surface area contributed by atoms with Crippen LogP contribution in [-0.4, -0.2) is 40.4 Å². The van der Waals surface area contributed by atoms with Crippen molar-refractivity contribution in [3.63, 3.8) is 0 Å². The third-order valence-electron chi connectivity index (χ3n) is 2.39. The predicted octanol–water partition coefficient (Wildman–Crippen LogP) is 2.10. The molecule has 1 aliphatic rings. The number of hydrogen-bond acceptors (Lipinski definition) is 3. The molecule has 1 N–H and O–H groups in total. The largest absolute Gasteiger partial charge is 0.444 e. The summed E-state index contributed by atoms with van der Waals surface area (Å²) in [6.07, 6.45) is 4.86. The number of carbonyl (C=O) groups is 1. The molecule has 0 saturated heterocycles. The van der Waals surface area contributed by atoms with Crippen molar-refractivity contribution in [1.29, 1.82) is 0 Å². The second-order valence-electron chi connectivity index (χ2n) is 5.18. The highest BCUT2D eigenvalue weighted by atomic mass is 16.6. The van der Waals surface area contributed by atoms with Crippen LogP contribution in [0.2, 0.25) is 0 Å². The molecule has 1 rings (SSSR count). The minimum absolute atomic E-state index is 0.113. The van der Waals surface area contributed by atoms with E-state index in [1.165, 1.54) is 0 Å². The first kappa shape index (κ1) is 13.8. The minimum Gasteiger partial charge on any atom is -0.444 e. The van der Waals surface area contributed by atoms with Gasteiger partial charge in [0, 0.05) is 13.0 Å².